The number of H-pyrrole nitrogens is 1. The van der Waals surface area contributed by atoms with Crippen molar-refractivity contribution in [3.05, 3.63) is 58.1 Å². The lowest BCUT2D eigenvalue weighted by Crippen LogP contribution is -2.18. The fourth-order valence-electron chi connectivity index (χ4n) is 1.54. The second-order valence-electron chi connectivity index (χ2n) is 3.61. The molecule has 0 atom stereocenters. The van der Waals surface area contributed by atoms with Gasteiger partial charge >= 0.3 is 5.97 Å². The Morgan fingerprint density at radius 2 is 1.83 bits per heavy atom. The zero-order valence-corrected chi connectivity index (χ0v) is 9.57. The summed E-state index contributed by atoms with van der Waals surface area (Å²) in [6, 6.07) is 8.62. The summed E-state index contributed by atoms with van der Waals surface area (Å²) >= 11 is 0. The number of esters is 1. The Balaban J connectivity index is 2.43. The molecule has 0 bridgehead atoms. The summed E-state index contributed by atoms with van der Waals surface area (Å²) in [6.45, 7) is 0. The topological polar surface area (TPSA) is 59.2 Å². The zero-order valence-electron chi connectivity index (χ0n) is 9.57. The maximum atomic E-state index is 12.8. The van der Waals surface area contributed by atoms with E-state index in [1.165, 1.54) is 25.3 Å². The Labute approximate surface area is 102 Å². The standard InChI is InChI=1S/C13H10FNO3/c1-18-13(17)10-6-7-11(15-12(10)16)8-2-4-9(14)5-3-8/h2-7H,1H3,(H,15,16). The summed E-state index contributed by atoms with van der Waals surface area (Å²) < 4.78 is 17.2. The molecule has 0 aliphatic carbocycles. The van der Waals surface area contributed by atoms with Crippen molar-refractivity contribution in [1.82, 2.24) is 4.98 Å². The van der Waals surface area contributed by atoms with Crippen LogP contribution >= 0.6 is 0 Å². The Kier molecular flexibility index (Phi) is 3.23. The second-order valence-corrected chi connectivity index (χ2v) is 3.61. The molecule has 0 aliphatic rings. The van der Waals surface area contributed by atoms with E-state index in [0.717, 1.165) is 0 Å². The van der Waals surface area contributed by atoms with Gasteiger partial charge in [0.1, 0.15) is 11.4 Å². The van der Waals surface area contributed by atoms with Gasteiger partial charge in [-0.15, -0.1) is 0 Å². The smallest absolute Gasteiger partial charge is 0.343 e. The molecule has 2 rings (SSSR count). The number of hydrogen-bond acceptors (Lipinski definition) is 3. The molecule has 0 unspecified atom stereocenters. The van der Waals surface area contributed by atoms with Gasteiger partial charge in [-0.3, -0.25) is 4.79 Å². The van der Waals surface area contributed by atoms with Crippen molar-refractivity contribution in [2.75, 3.05) is 7.11 Å². The average molecular weight is 247 g/mol. The van der Waals surface area contributed by atoms with Crippen molar-refractivity contribution in [2.45, 2.75) is 0 Å². The number of rotatable bonds is 2. The van der Waals surface area contributed by atoms with Crippen LogP contribution in [0.15, 0.2) is 41.2 Å². The molecule has 1 aromatic heterocycles. The van der Waals surface area contributed by atoms with Crippen LogP contribution in [0.5, 0.6) is 0 Å². The number of carbonyl (C=O) groups excluding carboxylic acids is 1. The van der Waals surface area contributed by atoms with Crippen LogP contribution in [0.3, 0.4) is 0 Å². The van der Waals surface area contributed by atoms with Crippen molar-refractivity contribution < 1.29 is 13.9 Å². The molecule has 92 valence electrons. The van der Waals surface area contributed by atoms with Crippen LogP contribution in [0.4, 0.5) is 4.39 Å². The number of aromatic amines is 1. The fourth-order valence-corrected chi connectivity index (χ4v) is 1.54. The Hall–Kier alpha value is -2.43. The SMILES string of the molecule is COC(=O)c1ccc(-c2ccc(F)cc2)[nH]c1=O. The number of pyridine rings is 1. The van der Waals surface area contributed by atoms with Crippen LogP contribution in [0.1, 0.15) is 10.4 Å². The van der Waals surface area contributed by atoms with Gasteiger partial charge in [-0.2, -0.15) is 0 Å². The van der Waals surface area contributed by atoms with E-state index in [4.69, 9.17) is 0 Å². The number of carbonyl (C=O) groups is 1. The quantitative estimate of drug-likeness (QED) is 0.825. The maximum Gasteiger partial charge on any atom is 0.343 e. The van der Waals surface area contributed by atoms with Crippen molar-refractivity contribution in [3.8, 4) is 11.3 Å². The first-order valence-corrected chi connectivity index (χ1v) is 5.19. The van der Waals surface area contributed by atoms with Gasteiger partial charge in [-0.05, 0) is 42.0 Å². The highest BCUT2D eigenvalue weighted by Gasteiger charge is 2.11. The largest absolute Gasteiger partial charge is 0.465 e. The first kappa shape index (κ1) is 12.0. The van der Waals surface area contributed by atoms with Gasteiger partial charge in [0.25, 0.3) is 5.56 Å². The number of hydrogen-bond donors (Lipinski definition) is 1. The molecule has 0 aliphatic heterocycles. The van der Waals surface area contributed by atoms with E-state index in [-0.39, 0.29) is 11.4 Å². The van der Waals surface area contributed by atoms with Gasteiger partial charge in [0, 0.05) is 5.69 Å². The summed E-state index contributed by atoms with van der Waals surface area (Å²) in [5.74, 6) is -1.05. The number of methoxy groups -OCH3 is 1. The molecule has 0 amide bonds. The molecule has 0 radical (unpaired) electrons. The summed E-state index contributed by atoms with van der Waals surface area (Å²) in [6.07, 6.45) is 0. The molecule has 1 aromatic carbocycles. The number of nitrogens with one attached hydrogen (secondary N) is 1. The van der Waals surface area contributed by atoms with Gasteiger partial charge in [-0.1, -0.05) is 0 Å². The van der Waals surface area contributed by atoms with Gasteiger partial charge in [0.05, 0.1) is 7.11 Å². The lowest BCUT2D eigenvalue weighted by atomic mass is 10.1. The lowest BCUT2D eigenvalue weighted by molar-refractivity contribution is 0.0598. The highest BCUT2D eigenvalue weighted by atomic mass is 19.1. The van der Waals surface area contributed by atoms with Gasteiger partial charge in [0.15, 0.2) is 0 Å². The molecule has 0 saturated heterocycles. The highest BCUT2D eigenvalue weighted by Crippen LogP contribution is 2.16. The molecule has 5 heteroatoms. The lowest BCUT2D eigenvalue weighted by Gasteiger charge is -2.03. The number of benzene rings is 1. The van der Waals surface area contributed by atoms with E-state index in [1.807, 2.05) is 0 Å². The van der Waals surface area contributed by atoms with E-state index in [9.17, 15) is 14.0 Å². The van der Waals surface area contributed by atoms with Crippen molar-refractivity contribution in [3.63, 3.8) is 0 Å². The molecule has 0 spiro atoms. The van der Waals surface area contributed by atoms with Crippen molar-refractivity contribution >= 4 is 5.97 Å². The molecule has 2 aromatic rings. The predicted octanol–water partition coefficient (Wildman–Crippen LogP) is 1.97. The van der Waals surface area contributed by atoms with Crippen LogP contribution < -0.4 is 5.56 Å². The molecule has 1 N–H and O–H groups in total. The van der Waals surface area contributed by atoms with Crippen molar-refractivity contribution in [1.29, 1.82) is 0 Å². The number of ether oxygens (including phenoxy) is 1. The van der Waals surface area contributed by atoms with Gasteiger partial charge in [0.2, 0.25) is 0 Å². The summed E-state index contributed by atoms with van der Waals surface area (Å²) in [5, 5.41) is 0. The van der Waals surface area contributed by atoms with E-state index in [2.05, 4.69) is 9.72 Å². The molecular weight excluding hydrogens is 237 g/mol. The summed E-state index contributed by atoms with van der Waals surface area (Å²) in [7, 11) is 1.20. The highest BCUT2D eigenvalue weighted by molar-refractivity contribution is 5.89. The van der Waals surface area contributed by atoms with Crippen LogP contribution in [-0.2, 0) is 4.74 Å². The molecule has 18 heavy (non-hydrogen) atoms. The third kappa shape index (κ3) is 2.29. The van der Waals surface area contributed by atoms with E-state index in [0.29, 0.717) is 11.3 Å². The van der Waals surface area contributed by atoms with Crippen LogP contribution in [0.25, 0.3) is 11.3 Å². The minimum absolute atomic E-state index is 0.0663. The number of halogens is 1. The van der Waals surface area contributed by atoms with E-state index < -0.39 is 11.5 Å². The minimum Gasteiger partial charge on any atom is -0.465 e. The maximum absolute atomic E-state index is 12.8. The molecular formula is C13H10FNO3. The van der Waals surface area contributed by atoms with Gasteiger partial charge < -0.3 is 9.72 Å². The summed E-state index contributed by atoms with van der Waals surface area (Å²) in [5.41, 5.74) is 0.560. The number of aromatic nitrogens is 1. The molecule has 0 fully saturated rings. The van der Waals surface area contributed by atoms with Crippen LogP contribution in [0, 0.1) is 5.82 Å². The Morgan fingerprint density at radius 3 is 2.39 bits per heavy atom. The fraction of sp³-hybridized carbons (Fsp3) is 0.0769. The first-order chi connectivity index (χ1) is 8.61. The molecule has 4 nitrogen and oxygen atoms in total. The second kappa shape index (κ2) is 4.83. The molecule has 0 saturated carbocycles. The normalized spacial score (nSPS) is 10.1. The van der Waals surface area contributed by atoms with Crippen molar-refractivity contribution in [2.24, 2.45) is 0 Å². The third-order valence-corrected chi connectivity index (χ3v) is 2.47. The molecule has 1 heterocycles. The monoisotopic (exact) mass is 247 g/mol. The Bertz CT molecular complexity index is 631. The minimum atomic E-state index is -0.693. The van der Waals surface area contributed by atoms with E-state index >= 15 is 0 Å². The average Bonchev–Trinajstić information content (AvgIpc) is 2.38. The summed E-state index contributed by atoms with van der Waals surface area (Å²) in [4.78, 5) is 25.4. The van der Waals surface area contributed by atoms with E-state index in [1.54, 1.807) is 18.2 Å². The third-order valence-electron chi connectivity index (χ3n) is 2.47. The van der Waals surface area contributed by atoms with Crippen LogP contribution in [0.2, 0.25) is 0 Å². The predicted molar refractivity (Wildman–Crippen MR) is 63.8 cm³/mol. The Morgan fingerprint density at radius 1 is 1.17 bits per heavy atom. The van der Waals surface area contributed by atoms with Gasteiger partial charge in [-0.25, -0.2) is 9.18 Å². The first-order valence-electron chi connectivity index (χ1n) is 5.19. The van der Waals surface area contributed by atoms with Crippen LogP contribution in [-0.4, -0.2) is 18.1 Å². The zero-order chi connectivity index (χ0) is 13.1.